The van der Waals surface area contributed by atoms with Crippen molar-refractivity contribution in [3.63, 3.8) is 0 Å². The van der Waals surface area contributed by atoms with Crippen molar-refractivity contribution in [2.24, 2.45) is 23.7 Å². The van der Waals surface area contributed by atoms with E-state index in [1.54, 1.807) is 0 Å². The van der Waals surface area contributed by atoms with Gasteiger partial charge in [-0.1, -0.05) is 312 Å². The fraction of sp³-hybridized carbons (Fsp3) is 0.945. The summed E-state index contributed by atoms with van der Waals surface area (Å²) in [6, 6.07) is 0. The summed E-state index contributed by atoms with van der Waals surface area (Å²) in [5.74, 6) is 0.942. The lowest BCUT2D eigenvalue weighted by molar-refractivity contribution is -0.161. The smallest absolute Gasteiger partial charge is 0.462 e. The molecule has 5 unspecified atom stereocenters. The number of hydrogen-bond donors (Lipinski definition) is 3. The van der Waals surface area contributed by atoms with Gasteiger partial charge in [0.05, 0.1) is 26.4 Å². The van der Waals surface area contributed by atoms with Crippen molar-refractivity contribution >= 4 is 39.5 Å². The predicted molar refractivity (Wildman–Crippen MR) is 372 cm³/mol. The van der Waals surface area contributed by atoms with Crippen LogP contribution in [-0.4, -0.2) is 96.7 Å². The molecule has 0 rings (SSSR count). The van der Waals surface area contributed by atoms with E-state index in [0.29, 0.717) is 31.6 Å². The van der Waals surface area contributed by atoms with E-state index in [2.05, 4.69) is 55.4 Å². The molecule has 546 valence electrons. The van der Waals surface area contributed by atoms with Gasteiger partial charge in [0.2, 0.25) is 0 Å². The SMILES string of the molecule is CCC(C)CCCCCCCCCCCCC(=O)O[C@H](COC(=O)CCCCCCCCCCCCCCCC(C)C)COP(=O)(O)OCC(O)COP(=O)(O)OC[C@@H](COC(=O)CCCCCCCCCC(C)C)OC(=O)CCCCCCCCCCC(C)CC. The van der Waals surface area contributed by atoms with Crippen LogP contribution in [0.3, 0.4) is 0 Å². The molecule has 19 heteroatoms. The average Bonchev–Trinajstić information content (AvgIpc) is 3.22. The number of phosphoric acid groups is 2. The normalized spacial score (nSPS) is 14.8. The second-order valence-electron chi connectivity index (χ2n) is 27.8. The fourth-order valence-corrected chi connectivity index (χ4v) is 12.5. The second-order valence-corrected chi connectivity index (χ2v) is 30.7. The Labute approximate surface area is 562 Å². The first-order valence-corrected chi connectivity index (χ1v) is 40.8. The Balaban J connectivity index is 5.26. The quantitative estimate of drug-likeness (QED) is 0.0222. The molecule has 0 aromatic rings. The molecule has 0 aliphatic rings. The number of aliphatic hydroxyl groups excluding tert-OH is 1. The van der Waals surface area contributed by atoms with E-state index in [0.717, 1.165) is 114 Å². The number of rotatable bonds is 70. The third kappa shape index (κ3) is 64.1. The lowest BCUT2D eigenvalue weighted by Gasteiger charge is -2.21. The summed E-state index contributed by atoms with van der Waals surface area (Å²) < 4.78 is 68.4. The van der Waals surface area contributed by atoms with E-state index in [-0.39, 0.29) is 25.7 Å². The van der Waals surface area contributed by atoms with E-state index >= 15 is 0 Å². The first-order chi connectivity index (χ1) is 44.2. The molecule has 0 aromatic carbocycles. The highest BCUT2D eigenvalue weighted by atomic mass is 31.2. The van der Waals surface area contributed by atoms with Gasteiger partial charge in [0.1, 0.15) is 19.3 Å². The zero-order valence-corrected chi connectivity index (χ0v) is 62.0. The molecule has 0 radical (unpaired) electrons. The average molecular weight is 1350 g/mol. The van der Waals surface area contributed by atoms with Crippen molar-refractivity contribution < 1.29 is 80.2 Å². The number of ether oxygens (including phenoxy) is 4. The molecule has 3 N–H and O–H groups in total. The van der Waals surface area contributed by atoms with Gasteiger partial charge >= 0.3 is 39.5 Å². The monoisotopic (exact) mass is 1350 g/mol. The summed E-state index contributed by atoms with van der Waals surface area (Å²) in [7, 11) is -9.91. The maximum absolute atomic E-state index is 13.1. The molecule has 7 atom stereocenters. The molecule has 17 nitrogen and oxygen atoms in total. The number of carbonyl (C=O) groups is 4. The Morgan fingerprint density at radius 3 is 0.772 bits per heavy atom. The van der Waals surface area contributed by atoms with Crippen LogP contribution in [0.25, 0.3) is 0 Å². The first-order valence-electron chi connectivity index (χ1n) is 37.8. The summed E-state index contributed by atoms with van der Waals surface area (Å²) in [5, 5.41) is 10.6. The maximum Gasteiger partial charge on any atom is 0.472 e. The van der Waals surface area contributed by atoms with Crippen LogP contribution in [0, 0.1) is 23.7 Å². The molecule has 0 amide bonds. The van der Waals surface area contributed by atoms with Crippen LogP contribution in [0.1, 0.15) is 364 Å². The number of aliphatic hydroxyl groups is 1. The van der Waals surface area contributed by atoms with Gasteiger partial charge in [-0.15, -0.1) is 0 Å². The zero-order chi connectivity index (χ0) is 68.2. The summed E-state index contributed by atoms with van der Waals surface area (Å²) in [6.07, 6.45) is 45.7. The Bertz CT molecular complexity index is 1820. The van der Waals surface area contributed by atoms with E-state index in [4.69, 9.17) is 37.0 Å². The van der Waals surface area contributed by atoms with Gasteiger partial charge in [0, 0.05) is 25.7 Å². The van der Waals surface area contributed by atoms with Crippen LogP contribution < -0.4 is 0 Å². The minimum absolute atomic E-state index is 0.104. The van der Waals surface area contributed by atoms with Crippen molar-refractivity contribution in [2.75, 3.05) is 39.6 Å². The van der Waals surface area contributed by atoms with Crippen molar-refractivity contribution in [2.45, 2.75) is 382 Å². The molecule has 0 saturated carbocycles. The van der Waals surface area contributed by atoms with Gasteiger partial charge < -0.3 is 33.8 Å². The Morgan fingerprint density at radius 1 is 0.304 bits per heavy atom. The van der Waals surface area contributed by atoms with Crippen molar-refractivity contribution in [1.82, 2.24) is 0 Å². The lowest BCUT2D eigenvalue weighted by atomic mass is 9.99. The van der Waals surface area contributed by atoms with Crippen LogP contribution in [0.4, 0.5) is 0 Å². The molecule has 0 saturated heterocycles. The lowest BCUT2D eigenvalue weighted by Crippen LogP contribution is -2.30. The van der Waals surface area contributed by atoms with Gasteiger partial charge in [0.15, 0.2) is 12.2 Å². The minimum atomic E-state index is -4.96. The van der Waals surface area contributed by atoms with Gasteiger partial charge in [0.25, 0.3) is 0 Å². The summed E-state index contributed by atoms with van der Waals surface area (Å²) in [5.41, 5.74) is 0. The summed E-state index contributed by atoms with van der Waals surface area (Å²) in [4.78, 5) is 72.7. The third-order valence-corrected chi connectivity index (χ3v) is 19.4. The number of esters is 4. The third-order valence-electron chi connectivity index (χ3n) is 17.5. The number of hydrogen-bond acceptors (Lipinski definition) is 15. The highest BCUT2D eigenvalue weighted by Crippen LogP contribution is 2.45. The van der Waals surface area contributed by atoms with E-state index in [1.165, 1.54) is 161 Å². The molecule has 0 heterocycles. The molecule has 0 bridgehead atoms. The Kier molecular flexibility index (Phi) is 61.3. The van der Waals surface area contributed by atoms with Crippen molar-refractivity contribution in [3.8, 4) is 0 Å². The van der Waals surface area contributed by atoms with Crippen molar-refractivity contribution in [1.29, 1.82) is 0 Å². The van der Waals surface area contributed by atoms with Gasteiger partial charge in [-0.3, -0.25) is 37.3 Å². The standard InChI is InChI=1S/C73H142O17P2/c1-9-65(7)51-43-35-27-19-16-17-21-30-39-47-55-72(77)89-68(59-83-70(75)53-45-37-29-20-15-13-11-12-14-18-25-33-41-49-63(3)4)61-87-91(79,80)85-57-67(74)58-86-92(81,82)88-62-69(60-84-71(76)54-46-38-32-24-26-34-42-50-64(5)6)90-73(78)56-48-40-31-23-22-28-36-44-52-66(8)10-2/h63-69,74H,9-62H2,1-8H3,(H,79,80)(H,81,82)/t65?,66?,67?,68-,69-/m1/s1. The Morgan fingerprint density at radius 2 is 0.522 bits per heavy atom. The topological polar surface area (TPSA) is 237 Å². The van der Waals surface area contributed by atoms with Crippen LogP contribution in [0.15, 0.2) is 0 Å². The van der Waals surface area contributed by atoms with Crippen LogP contribution in [0.2, 0.25) is 0 Å². The van der Waals surface area contributed by atoms with E-state index in [1.807, 2.05) is 0 Å². The van der Waals surface area contributed by atoms with E-state index < -0.39 is 97.5 Å². The van der Waals surface area contributed by atoms with Crippen LogP contribution in [0.5, 0.6) is 0 Å². The molecular formula is C73H142O17P2. The number of phosphoric ester groups is 2. The summed E-state index contributed by atoms with van der Waals surface area (Å²) in [6.45, 7) is 14.2. The summed E-state index contributed by atoms with van der Waals surface area (Å²) >= 11 is 0. The van der Waals surface area contributed by atoms with Crippen LogP contribution >= 0.6 is 15.6 Å². The highest BCUT2D eigenvalue weighted by molar-refractivity contribution is 7.47. The van der Waals surface area contributed by atoms with Gasteiger partial charge in [-0.2, -0.15) is 0 Å². The van der Waals surface area contributed by atoms with Crippen molar-refractivity contribution in [3.05, 3.63) is 0 Å². The molecular weight excluding hydrogens is 1210 g/mol. The Hall–Kier alpha value is -1.94. The number of unbranched alkanes of at least 4 members (excludes halogenated alkanes) is 34. The fourth-order valence-electron chi connectivity index (χ4n) is 11.0. The predicted octanol–water partition coefficient (Wildman–Crippen LogP) is 20.9. The largest absolute Gasteiger partial charge is 0.472 e. The van der Waals surface area contributed by atoms with Gasteiger partial charge in [-0.25, -0.2) is 9.13 Å². The second kappa shape index (κ2) is 62.6. The number of carbonyl (C=O) groups excluding carboxylic acids is 4. The highest BCUT2D eigenvalue weighted by Gasteiger charge is 2.30. The molecule has 0 aromatic heterocycles. The molecule has 0 spiro atoms. The van der Waals surface area contributed by atoms with Gasteiger partial charge in [-0.05, 0) is 49.4 Å². The maximum atomic E-state index is 13.1. The zero-order valence-electron chi connectivity index (χ0n) is 60.2. The first kappa shape index (κ1) is 90.1. The molecule has 0 aliphatic heterocycles. The van der Waals surface area contributed by atoms with E-state index in [9.17, 15) is 43.2 Å². The minimum Gasteiger partial charge on any atom is -0.462 e. The molecule has 92 heavy (non-hydrogen) atoms. The van der Waals surface area contributed by atoms with Crippen LogP contribution in [-0.2, 0) is 65.4 Å². The molecule has 0 aliphatic carbocycles. The molecule has 0 fully saturated rings.